The second-order valence-electron chi connectivity index (χ2n) is 44.1. The quantitative estimate of drug-likeness (QED) is 0.0723. The lowest BCUT2D eigenvalue weighted by Gasteiger charge is -2.62. The number of hydrogen-bond acceptors (Lipinski definition) is 12. The summed E-state index contributed by atoms with van der Waals surface area (Å²) in [5, 5.41) is 28.1. The molecule has 17 rings (SSSR count). The van der Waals surface area contributed by atoms with Crippen LogP contribution in [-0.4, -0.2) is 167 Å². The van der Waals surface area contributed by atoms with Gasteiger partial charge in [0.05, 0.1) is 119 Å². The minimum absolute atomic E-state index is 1.04. The van der Waals surface area contributed by atoms with Crippen LogP contribution in [0.2, 0.25) is 0 Å². The van der Waals surface area contributed by atoms with E-state index in [0.29, 0.717) is 0 Å². The second kappa shape index (κ2) is 49.4. The van der Waals surface area contributed by atoms with Crippen molar-refractivity contribution in [1.29, 1.82) is 0 Å². The third-order valence-electron chi connectivity index (χ3n) is 37.6. The average Bonchev–Trinajstić information content (AvgIpc) is 0.754. The van der Waals surface area contributed by atoms with Crippen molar-refractivity contribution in [3.05, 3.63) is 0 Å². The maximum Gasteiger partial charge on any atom is 0.191 e. The Morgan fingerprint density at radius 2 is 0.342 bits per heavy atom. The number of phosphoric acid groups is 2. The Hall–Kier alpha value is -0.100. The monoisotopic (exact) mass is 1720 g/mol. The molecule has 1 saturated heterocycles. The van der Waals surface area contributed by atoms with Gasteiger partial charge in [0.1, 0.15) is 24.4 Å². The molecule has 1 aliphatic heterocycles. The fraction of sp³-hybridized carbons (Fsp3) is 1.00. The van der Waals surface area contributed by atoms with E-state index in [2.05, 4.69) is 13.8 Å². The zero-order valence-corrected chi connectivity index (χ0v) is 78.9. The van der Waals surface area contributed by atoms with E-state index in [1.165, 1.54) is 308 Å². The van der Waals surface area contributed by atoms with E-state index in [1.807, 2.05) is 0 Å². The van der Waals surface area contributed by atoms with Crippen molar-refractivity contribution in [3.63, 3.8) is 0 Å². The number of phosphoric ester groups is 2. The number of aliphatic hydroxyl groups is 3. The summed E-state index contributed by atoms with van der Waals surface area (Å²) in [5.74, 6) is 0. The molecule has 17 aliphatic rings. The summed E-state index contributed by atoms with van der Waals surface area (Å²) in [6.45, 7) is -1.07. The summed E-state index contributed by atoms with van der Waals surface area (Å²) in [5.41, 5.74) is 0. The average molecular weight is 1720 g/mol. The Morgan fingerprint density at radius 3 is 0.458 bits per heavy atom. The first-order chi connectivity index (χ1) is 58.6. The fourth-order valence-electron chi connectivity index (χ4n) is 33.0. The van der Waals surface area contributed by atoms with Crippen LogP contribution in [0.4, 0.5) is 0 Å². The SMILES string of the molecule is C1CCC([N+](C2CCCCC2)(C2CCCCC2)C2CCCCC2)CC1.C1CCC([N+](C2CCCCC2)(C2CCCCC2)C2CCCCC2)CC1.C1CCC([N+](C2CCCCC2)(C2CCCCC2)C2CCCCC2)CC1.C1CCC([N+](C2CCCCC2)(C2CCCCC2)C2CCCCC2)CC1.O=P([O-])([O-])OC[C@H]1O[C@H](OP(=O)([O-])[O-])[C@H](O)[C@@H](O)[C@@H]1O. The Kier molecular flexibility index (Phi) is 40.1. The van der Waals surface area contributed by atoms with E-state index in [1.54, 1.807) is 223 Å². The zero-order chi connectivity index (χ0) is 83.5. The lowest BCUT2D eigenvalue weighted by molar-refractivity contribution is -1.02. The number of hydrogen-bond donors (Lipinski definition) is 3. The Labute approximate surface area is 734 Å². The number of nitrogens with zero attached hydrogens (tertiary/aromatic N) is 4. The van der Waals surface area contributed by atoms with Crippen LogP contribution >= 0.6 is 15.6 Å². The Morgan fingerprint density at radius 1 is 0.208 bits per heavy atom. The van der Waals surface area contributed by atoms with Crippen molar-refractivity contribution in [1.82, 2.24) is 0 Å². The first kappa shape index (κ1) is 97.4. The molecule has 0 aromatic rings. The molecule has 16 aliphatic carbocycles. The third kappa shape index (κ3) is 24.8. The van der Waals surface area contributed by atoms with Gasteiger partial charge in [-0.1, -0.05) is 103 Å². The molecule has 0 unspecified atom stereocenters. The van der Waals surface area contributed by atoms with Gasteiger partial charge in [0.2, 0.25) is 0 Å². The normalized spacial score (nSPS) is 30.8. The minimum atomic E-state index is -5.59. The molecular formula is C102H186N4O12P2. The topological polar surface area (TPSA) is 215 Å². The number of quaternary nitrogens is 4. The summed E-state index contributed by atoms with van der Waals surface area (Å²) in [7, 11) is -11.0. The molecule has 0 spiro atoms. The van der Waals surface area contributed by atoms with Gasteiger partial charge in [-0.3, -0.25) is 0 Å². The van der Waals surface area contributed by atoms with Gasteiger partial charge < -0.3 is 75.7 Å². The van der Waals surface area contributed by atoms with Gasteiger partial charge in [-0.15, -0.1) is 0 Å². The van der Waals surface area contributed by atoms with Crippen LogP contribution in [0.5, 0.6) is 0 Å². The Balaban J connectivity index is 0.000000130. The number of aliphatic hydroxyl groups excluding tert-OH is 3. The van der Waals surface area contributed by atoms with Crippen LogP contribution in [0.1, 0.15) is 514 Å². The fourth-order valence-corrected chi connectivity index (χ4v) is 33.8. The van der Waals surface area contributed by atoms with Gasteiger partial charge in [0.25, 0.3) is 0 Å². The molecule has 1 heterocycles. The molecule has 5 atom stereocenters. The molecule has 3 N–H and O–H groups in total. The van der Waals surface area contributed by atoms with Crippen LogP contribution in [0.25, 0.3) is 0 Å². The zero-order valence-electron chi connectivity index (χ0n) is 77.1. The van der Waals surface area contributed by atoms with Gasteiger partial charge in [-0.25, -0.2) is 0 Å². The van der Waals surface area contributed by atoms with Crippen molar-refractivity contribution in [3.8, 4) is 0 Å². The first-order valence-corrected chi connectivity index (χ1v) is 57.1. The van der Waals surface area contributed by atoms with Gasteiger partial charge in [-0.2, -0.15) is 0 Å². The van der Waals surface area contributed by atoms with Crippen molar-refractivity contribution >= 4 is 15.6 Å². The molecule has 16 saturated carbocycles. The molecule has 0 amide bonds. The van der Waals surface area contributed by atoms with E-state index in [0.717, 1.165) is 96.7 Å². The standard InChI is InChI=1S/4C24H44N.C6H14O12P2/c4*1-5-13-21(14-6-1)25(22-15-7-2-8-16-22,23-17-9-3-10-18-23)24-19-11-4-12-20-24;7-3-2(1-16-19(10,11)12)17-6(5(9)4(3)8)18-20(13,14)15/h4*21-24H,1-20H2;2-9H,1H2,(H2,10,11,12)(H2,13,14,15)/q4*+1;/p-4/t;;;;2-,3-,4+,5-,6-/m....1/s1. The Bertz CT molecular complexity index is 2250. The van der Waals surface area contributed by atoms with Crippen LogP contribution < -0.4 is 19.6 Å². The molecule has 0 aromatic carbocycles. The molecule has 696 valence electrons. The molecule has 0 radical (unpaired) electrons. The molecule has 18 heteroatoms. The lowest BCUT2D eigenvalue weighted by Crippen LogP contribution is -2.72. The molecule has 0 bridgehead atoms. The van der Waals surface area contributed by atoms with E-state index in [4.69, 9.17) is 0 Å². The van der Waals surface area contributed by atoms with E-state index in [-0.39, 0.29) is 0 Å². The first-order valence-electron chi connectivity index (χ1n) is 54.2. The highest BCUT2D eigenvalue weighted by molar-refractivity contribution is 7.43. The predicted octanol–water partition coefficient (Wildman–Crippen LogP) is 23.0. The summed E-state index contributed by atoms with van der Waals surface area (Å²) in [6, 6.07) is 16.7. The van der Waals surface area contributed by atoms with E-state index >= 15 is 0 Å². The third-order valence-corrected chi connectivity index (χ3v) is 38.5. The summed E-state index contributed by atoms with van der Waals surface area (Å²) < 4.78 is 39.5. The molecular weight excluding hydrogens is 1540 g/mol. The molecule has 17 fully saturated rings. The van der Waals surface area contributed by atoms with Crippen molar-refractivity contribution in [2.24, 2.45) is 0 Å². The summed E-state index contributed by atoms with van der Waals surface area (Å²) in [6.07, 6.45) is 114. The van der Waals surface area contributed by atoms with Crippen molar-refractivity contribution in [2.75, 3.05) is 6.61 Å². The highest BCUT2D eigenvalue weighted by Gasteiger charge is 2.60. The van der Waals surface area contributed by atoms with E-state index in [9.17, 15) is 44.0 Å². The maximum absolute atomic E-state index is 10.4. The predicted molar refractivity (Wildman–Crippen MR) is 480 cm³/mol. The highest BCUT2D eigenvalue weighted by Crippen LogP contribution is 2.55. The van der Waals surface area contributed by atoms with E-state index < -0.39 is 53.0 Å². The summed E-state index contributed by atoms with van der Waals surface area (Å²) >= 11 is 0. The molecule has 120 heavy (non-hydrogen) atoms. The van der Waals surface area contributed by atoms with Crippen molar-refractivity contribution < 1.29 is 75.7 Å². The van der Waals surface area contributed by atoms with Crippen LogP contribution in [0.3, 0.4) is 0 Å². The highest BCUT2D eigenvalue weighted by atomic mass is 31.2. The van der Waals surface area contributed by atoms with Crippen LogP contribution in [0, 0.1) is 0 Å². The summed E-state index contributed by atoms with van der Waals surface area (Å²) in [4.78, 5) is 41.3. The maximum atomic E-state index is 10.4. The van der Waals surface area contributed by atoms with Gasteiger partial charge in [0.15, 0.2) is 6.29 Å². The number of rotatable bonds is 21. The lowest BCUT2D eigenvalue weighted by atomic mass is 9.76. The van der Waals surface area contributed by atoms with Gasteiger partial charge in [0, 0.05) is 0 Å². The molecule has 16 nitrogen and oxygen atoms in total. The largest absolute Gasteiger partial charge is 0.790 e. The smallest absolute Gasteiger partial charge is 0.191 e. The molecule has 0 aromatic heterocycles. The number of ether oxygens (including phenoxy) is 1. The van der Waals surface area contributed by atoms with Gasteiger partial charge in [-0.05, 0) is 411 Å². The van der Waals surface area contributed by atoms with Gasteiger partial charge >= 0.3 is 0 Å². The van der Waals surface area contributed by atoms with Crippen molar-refractivity contribution in [2.45, 2.75) is 641 Å². The second-order valence-corrected chi connectivity index (χ2v) is 46.3. The van der Waals surface area contributed by atoms with Crippen LogP contribution in [0.15, 0.2) is 0 Å². The minimum Gasteiger partial charge on any atom is -0.790 e. The van der Waals surface area contributed by atoms with Crippen LogP contribution in [-0.2, 0) is 22.9 Å².